The Balaban J connectivity index is 1.55. The number of fused-ring (bicyclic) bond motifs is 3. The van der Waals surface area contributed by atoms with Crippen LogP contribution in [-0.2, 0) is 15.9 Å². The molecule has 1 aliphatic heterocycles. The Hall–Kier alpha value is -1.20. The number of aliphatic hydroxyl groups excluding tert-OH is 2. The lowest BCUT2D eigenvalue weighted by Gasteiger charge is -2.60. The van der Waals surface area contributed by atoms with Crippen LogP contribution in [0.3, 0.4) is 0 Å². The molecule has 2 bridgehead atoms. The summed E-state index contributed by atoms with van der Waals surface area (Å²) in [5, 5.41) is 21.4. The molecule has 4 nitrogen and oxygen atoms in total. The first-order valence-electron chi connectivity index (χ1n) is 11.8. The molecule has 1 aromatic rings. The van der Waals surface area contributed by atoms with E-state index in [0.29, 0.717) is 25.0 Å². The zero-order valence-corrected chi connectivity index (χ0v) is 18.1. The number of ether oxygens (including phenoxy) is 2. The third-order valence-corrected chi connectivity index (χ3v) is 10.4. The Morgan fingerprint density at radius 1 is 0.967 bits per heavy atom. The van der Waals surface area contributed by atoms with Crippen LogP contribution in [0.1, 0.15) is 50.2 Å². The summed E-state index contributed by atoms with van der Waals surface area (Å²) >= 11 is 0. The van der Waals surface area contributed by atoms with E-state index in [1.54, 1.807) is 0 Å². The number of hydrogen-bond acceptors (Lipinski definition) is 4. The van der Waals surface area contributed by atoms with Gasteiger partial charge in [-0.2, -0.15) is 0 Å². The van der Waals surface area contributed by atoms with Crippen LogP contribution < -0.4 is 0 Å². The smallest absolute Gasteiger partial charge is 0.175 e. The van der Waals surface area contributed by atoms with Gasteiger partial charge in [0.05, 0.1) is 18.6 Å². The summed E-state index contributed by atoms with van der Waals surface area (Å²) in [4.78, 5) is 0. The Labute approximate surface area is 179 Å². The molecule has 1 saturated heterocycles. The molecular weight excluding hydrogens is 376 g/mol. The monoisotopic (exact) mass is 410 g/mol. The molecule has 4 aliphatic carbocycles. The average Bonchev–Trinajstić information content (AvgIpc) is 3.39. The highest BCUT2D eigenvalue weighted by Gasteiger charge is 2.82. The molecule has 1 aromatic carbocycles. The van der Waals surface area contributed by atoms with Crippen molar-refractivity contribution in [2.75, 3.05) is 26.4 Å². The van der Waals surface area contributed by atoms with Gasteiger partial charge >= 0.3 is 0 Å². The summed E-state index contributed by atoms with van der Waals surface area (Å²) < 4.78 is 12.6. The predicted molar refractivity (Wildman–Crippen MR) is 114 cm³/mol. The zero-order chi connectivity index (χ0) is 20.8. The van der Waals surface area contributed by atoms with Crippen LogP contribution in [0.4, 0.5) is 0 Å². The lowest BCUT2D eigenvalue weighted by Crippen LogP contribution is -2.59. The maximum atomic E-state index is 10.7. The molecule has 30 heavy (non-hydrogen) atoms. The van der Waals surface area contributed by atoms with E-state index in [1.807, 2.05) is 0 Å². The van der Waals surface area contributed by atoms with Crippen LogP contribution in [0.15, 0.2) is 36.4 Å². The summed E-state index contributed by atoms with van der Waals surface area (Å²) in [6.45, 7) is 5.85. The van der Waals surface area contributed by atoms with Crippen molar-refractivity contribution in [3.63, 3.8) is 0 Å². The van der Waals surface area contributed by atoms with Gasteiger partial charge in [0.15, 0.2) is 5.79 Å². The fraction of sp³-hybridized carbons (Fsp3) is 0.692. The van der Waals surface area contributed by atoms with Crippen LogP contribution >= 0.6 is 0 Å². The largest absolute Gasteiger partial charge is 0.396 e. The van der Waals surface area contributed by atoms with Crippen LogP contribution in [-0.4, -0.2) is 42.4 Å². The van der Waals surface area contributed by atoms with Gasteiger partial charge in [-0.1, -0.05) is 43.3 Å². The first-order valence-corrected chi connectivity index (χ1v) is 11.8. The van der Waals surface area contributed by atoms with Gasteiger partial charge in [-0.15, -0.1) is 0 Å². The molecular formula is C26H34O4. The Morgan fingerprint density at radius 2 is 1.70 bits per heavy atom. The van der Waals surface area contributed by atoms with E-state index in [1.165, 1.54) is 11.1 Å². The number of hydrogen-bond donors (Lipinski definition) is 2. The van der Waals surface area contributed by atoms with Crippen LogP contribution in [0.5, 0.6) is 0 Å². The van der Waals surface area contributed by atoms with E-state index < -0.39 is 11.2 Å². The minimum absolute atomic E-state index is 0.0280. The molecule has 0 radical (unpaired) electrons. The van der Waals surface area contributed by atoms with Gasteiger partial charge in [-0.25, -0.2) is 0 Å². The molecule has 1 unspecified atom stereocenters. The summed E-state index contributed by atoms with van der Waals surface area (Å²) in [5.41, 5.74) is 2.36. The van der Waals surface area contributed by atoms with Crippen molar-refractivity contribution < 1.29 is 19.7 Å². The lowest BCUT2D eigenvalue weighted by atomic mass is 9.44. The van der Waals surface area contributed by atoms with Crippen molar-refractivity contribution in [2.24, 2.45) is 34.0 Å². The summed E-state index contributed by atoms with van der Waals surface area (Å²) in [6, 6.07) is 8.96. The van der Waals surface area contributed by atoms with E-state index in [4.69, 9.17) is 9.47 Å². The van der Waals surface area contributed by atoms with E-state index in [2.05, 4.69) is 50.3 Å². The molecule has 0 spiro atoms. The molecule has 4 heteroatoms. The Morgan fingerprint density at radius 3 is 2.43 bits per heavy atom. The molecule has 5 aliphatic rings. The maximum Gasteiger partial charge on any atom is 0.175 e. The number of rotatable bonds is 3. The fourth-order valence-electron chi connectivity index (χ4n) is 9.46. The molecule has 2 saturated carbocycles. The van der Waals surface area contributed by atoms with E-state index >= 15 is 0 Å². The number of aliphatic hydroxyl groups is 2. The Bertz CT molecular complexity index is 889. The molecule has 1 heterocycles. The van der Waals surface area contributed by atoms with Crippen LogP contribution in [0, 0.1) is 34.0 Å². The number of aryl methyl sites for hydroxylation is 1. The molecule has 0 amide bonds. The van der Waals surface area contributed by atoms with Crippen LogP contribution in [0.2, 0.25) is 0 Å². The first kappa shape index (κ1) is 19.5. The molecule has 2 N–H and O–H groups in total. The number of benzene rings is 1. The van der Waals surface area contributed by atoms with Crippen molar-refractivity contribution in [1.29, 1.82) is 0 Å². The van der Waals surface area contributed by atoms with Gasteiger partial charge in [0.2, 0.25) is 0 Å². The third kappa shape index (κ3) is 1.87. The van der Waals surface area contributed by atoms with Crippen LogP contribution in [0.25, 0.3) is 0 Å². The predicted octanol–water partition coefficient (Wildman–Crippen LogP) is 3.67. The van der Waals surface area contributed by atoms with E-state index in [9.17, 15) is 10.2 Å². The minimum Gasteiger partial charge on any atom is -0.396 e. The van der Waals surface area contributed by atoms with Crippen molar-refractivity contribution in [2.45, 2.75) is 51.2 Å². The number of allylic oxidation sites excluding steroid dienone is 1. The second kappa shape index (κ2) is 6.19. The Kier molecular flexibility index (Phi) is 4.02. The lowest BCUT2D eigenvalue weighted by molar-refractivity contribution is -0.258. The molecule has 3 fully saturated rings. The second-order valence-corrected chi connectivity index (χ2v) is 10.7. The fourth-order valence-corrected chi connectivity index (χ4v) is 9.46. The average molecular weight is 411 g/mol. The normalized spacial score (nSPS) is 47.7. The van der Waals surface area contributed by atoms with Crippen molar-refractivity contribution in [3.05, 3.63) is 47.5 Å². The minimum atomic E-state index is -0.753. The van der Waals surface area contributed by atoms with Gasteiger partial charge in [0.25, 0.3) is 0 Å². The quantitative estimate of drug-likeness (QED) is 0.747. The van der Waals surface area contributed by atoms with E-state index in [-0.39, 0.29) is 35.9 Å². The maximum absolute atomic E-state index is 10.7. The highest BCUT2D eigenvalue weighted by atomic mass is 16.7. The SMILES string of the molecule is CC1([C@]23C=CC4([C@@H]5CCc6ccccc6[C@H]5CC[C@@]42C)[C@@H](CO)[C@H]3CO)OCCO1. The van der Waals surface area contributed by atoms with Gasteiger partial charge in [0.1, 0.15) is 0 Å². The highest BCUT2D eigenvalue weighted by Crippen LogP contribution is 2.83. The zero-order valence-electron chi connectivity index (χ0n) is 18.1. The molecule has 162 valence electrons. The van der Waals surface area contributed by atoms with Gasteiger partial charge < -0.3 is 19.7 Å². The summed E-state index contributed by atoms with van der Waals surface area (Å²) in [6.07, 6.45) is 9.25. The molecule has 6 rings (SSSR count). The first-order chi connectivity index (χ1) is 14.5. The van der Waals surface area contributed by atoms with Gasteiger partial charge in [0, 0.05) is 24.5 Å². The topological polar surface area (TPSA) is 58.9 Å². The second-order valence-electron chi connectivity index (χ2n) is 10.7. The third-order valence-electron chi connectivity index (χ3n) is 10.4. The highest BCUT2D eigenvalue weighted by molar-refractivity contribution is 5.44. The molecule has 0 aromatic heterocycles. The van der Waals surface area contributed by atoms with Crippen molar-refractivity contribution in [3.8, 4) is 0 Å². The van der Waals surface area contributed by atoms with Crippen molar-refractivity contribution in [1.82, 2.24) is 0 Å². The summed E-state index contributed by atoms with van der Waals surface area (Å²) in [7, 11) is 0. The standard InChI is InChI=1S/C26H34O4/c1-23-10-9-19-18-6-4-3-5-17(18)7-8-20(19)25(23)11-12-26(23,22(16-28)21(25)15-27)24(2)29-13-14-30-24/h3-6,11-12,19-22,27-28H,7-10,13-16H2,1-2H3/t19-,20-,21+,22-,23+,25?,26+/m1/s1. The van der Waals surface area contributed by atoms with E-state index in [0.717, 1.165) is 25.7 Å². The van der Waals surface area contributed by atoms with Crippen molar-refractivity contribution >= 4 is 0 Å². The van der Waals surface area contributed by atoms with Gasteiger partial charge in [-0.05, 0) is 66.9 Å². The van der Waals surface area contributed by atoms with Gasteiger partial charge in [-0.3, -0.25) is 0 Å². The summed E-state index contributed by atoms with van der Waals surface area (Å²) in [5.74, 6) is 0.212. The molecule has 7 atom stereocenters.